The number of amides is 1. The van der Waals surface area contributed by atoms with Crippen molar-refractivity contribution in [3.05, 3.63) is 64.8 Å². The monoisotopic (exact) mass is 381 g/mol. The summed E-state index contributed by atoms with van der Waals surface area (Å²) < 4.78 is 5.32. The predicted octanol–water partition coefficient (Wildman–Crippen LogP) is 4.75. The number of aromatic nitrogens is 2. The van der Waals surface area contributed by atoms with Gasteiger partial charge in [-0.05, 0) is 50.6 Å². The highest BCUT2D eigenvalue weighted by Crippen LogP contribution is 2.30. The van der Waals surface area contributed by atoms with E-state index in [0.717, 1.165) is 27.7 Å². The highest BCUT2D eigenvalue weighted by Gasteiger charge is 2.26. The molecule has 5 nitrogen and oxygen atoms in total. The molecule has 0 spiro atoms. The largest absolute Gasteiger partial charge is 0.497 e. The molecule has 2 aromatic heterocycles. The fraction of sp³-hybridized carbons (Fsp3) is 0.286. The van der Waals surface area contributed by atoms with Crippen LogP contribution in [0.15, 0.2) is 48.7 Å². The fourth-order valence-electron chi connectivity index (χ4n) is 3.00. The predicted molar refractivity (Wildman–Crippen MR) is 108 cm³/mol. The Labute approximate surface area is 163 Å². The Bertz CT molecular complexity index is 924. The standard InChI is InChI=1S/C21H23N3O2S/c1-5-24(15(3)16-9-8-10-17(13-16)26-4)21(25)19-14(2)23-20(27-19)18-11-6-7-12-22-18/h6-13,15H,5H2,1-4H3. The van der Waals surface area contributed by atoms with E-state index < -0.39 is 0 Å². The Morgan fingerprint density at radius 1 is 1.26 bits per heavy atom. The van der Waals surface area contributed by atoms with Gasteiger partial charge in [-0.3, -0.25) is 9.78 Å². The molecule has 2 heterocycles. The zero-order valence-electron chi connectivity index (χ0n) is 16.0. The summed E-state index contributed by atoms with van der Waals surface area (Å²) in [7, 11) is 1.65. The minimum atomic E-state index is -0.0719. The zero-order chi connectivity index (χ0) is 19.4. The van der Waals surface area contributed by atoms with Gasteiger partial charge >= 0.3 is 0 Å². The van der Waals surface area contributed by atoms with E-state index in [1.54, 1.807) is 13.3 Å². The molecule has 1 unspecified atom stereocenters. The number of rotatable bonds is 6. The number of benzene rings is 1. The molecule has 1 amide bonds. The second kappa shape index (κ2) is 8.31. The van der Waals surface area contributed by atoms with Crippen LogP contribution in [0.1, 0.15) is 40.8 Å². The lowest BCUT2D eigenvalue weighted by Gasteiger charge is -2.28. The summed E-state index contributed by atoms with van der Waals surface area (Å²) in [5.74, 6) is 0.777. The third-order valence-corrected chi connectivity index (χ3v) is 5.69. The molecule has 3 rings (SSSR count). The van der Waals surface area contributed by atoms with Gasteiger partial charge in [0, 0.05) is 12.7 Å². The van der Waals surface area contributed by atoms with E-state index in [1.165, 1.54) is 11.3 Å². The molecule has 0 aliphatic carbocycles. The number of thiazole rings is 1. The first-order valence-electron chi connectivity index (χ1n) is 8.88. The van der Waals surface area contributed by atoms with Crippen molar-refractivity contribution < 1.29 is 9.53 Å². The molecule has 27 heavy (non-hydrogen) atoms. The highest BCUT2D eigenvalue weighted by molar-refractivity contribution is 7.17. The van der Waals surface area contributed by atoms with Crippen LogP contribution in [-0.4, -0.2) is 34.4 Å². The fourth-order valence-corrected chi connectivity index (χ4v) is 4.00. The Balaban J connectivity index is 1.90. The molecule has 140 valence electrons. The Morgan fingerprint density at radius 2 is 2.07 bits per heavy atom. The van der Waals surface area contributed by atoms with E-state index in [2.05, 4.69) is 9.97 Å². The van der Waals surface area contributed by atoms with Crippen molar-refractivity contribution >= 4 is 17.2 Å². The molecule has 0 saturated carbocycles. The Hall–Kier alpha value is -2.73. The molecule has 1 atom stereocenters. The van der Waals surface area contributed by atoms with E-state index in [0.29, 0.717) is 11.4 Å². The Kier molecular flexibility index (Phi) is 5.86. The molecule has 1 aromatic carbocycles. The number of aryl methyl sites for hydroxylation is 1. The maximum absolute atomic E-state index is 13.3. The lowest BCUT2D eigenvalue weighted by atomic mass is 10.1. The van der Waals surface area contributed by atoms with Crippen LogP contribution in [0.5, 0.6) is 5.75 Å². The molecule has 0 aliphatic heterocycles. The Morgan fingerprint density at radius 3 is 2.74 bits per heavy atom. The summed E-state index contributed by atoms with van der Waals surface area (Å²) in [4.78, 5) is 24.7. The maximum Gasteiger partial charge on any atom is 0.266 e. The van der Waals surface area contributed by atoms with Gasteiger partial charge in [0.1, 0.15) is 15.6 Å². The summed E-state index contributed by atoms with van der Waals surface area (Å²) in [5.41, 5.74) is 2.56. The summed E-state index contributed by atoms with van der Waals surface area (Å²) in [6.45, 7) is 6.50. The number of carbonyl (C=O) groups is 1. The van der Waals surface area contributed by atoms with E-state index in [1.807, 2.05) is 68.1 Å². The van der Waals surface area contributed by atoms with Crippen LogP contribution in [-0.2, 0) is 0 Å². The molecular formula is C21H23N3O2S. The van der Waals surface area contributed by atoms with Gasteiger partial charge in [0.05, 0.1) is 24.5 Å². The number of carbonyl (C=O) groups excluding carboxylic acids is 1. The van der Waals surface area contributed by atoms with Crippen LogP contribution in [0, 0.1) is 6.92 Å². The third-order valence-electron chi connectivity index (χ3n) is 4.52. The van der Waals surface area contributed by atoms with Gasteiger partial charge in [-0.25, -0.2) is 4.98 Å². The molecule has 0 radical (unpaired) electrons. The quantitative estimate of drug-likeness (QED) is 0.618. The van der Waals surface area contributed by atoms with Crippen molar-refractivity contribution in [3.63, 3.8) is 0 Å². The highest BCUT2D eigenvalue weighted by atomic mass is 32.1. The summed E-state index contributed by atoms with van der Waals surface area (Å²) >= 11 is 1.40. The third kappa shape index (κ3) is 4.01. The zero-order valence-corrected chi connectivity index (χ0v) is 16.8. The number of hydrogen-bond acceptors (Lipinski definition) is 5. The minimum Gasteiger partial charge on any atom is -0.497 e. The summed E-state index contributed by atoms with van der Waals surface area (Å²) in [6, 6.07) is 13.5. The van der Waals surface area contributed by atoms with Crippen LogP contribution in [0.4, 0.5) is 0 Å². The maximum atomic E-state index is 13.3. The molecule has 0 aliphatic rings. The summed E-state index contributed by atoms with van der Waals surface area (Å²) in [5, 5.41) is 0.765. The van der Waals surface area contributed by atoms with E-state index in [-0.39, 0.29) is 11.9 Å². The van der Waals surface area contributed by atoms with Crippen LogP contribution < -0.4 is 4.74 Å². The van der Waals surface area contributed by atoms with Crippen LogP contribution in [0.2, 0.25) is 0 Å². The first-order valence-corrected chi connectivity index (χ1v) is 9.70. The number of nitrogens with zero attached hydrogens (tertiary/aromatic N) is 3. The van der Waals surface area contributed by atoms with Crippen molar-refractivity contribution in [2.45, 2.75) is 26.8 Å². The van der Waals surface area contributed by atoms with Gasteiger partial charge in [-0.15, -0.1) is 11.3 Å². The normalized spacial score (nSPS) is 11.9. The number of hydrogen-bond donors (Lipinski definition) is 0. The van der Waals surface area contributed by atoms with Gasteiger partial charge in [0.15, 0.2) is 0 Å². The number of pyridine rings is 1. The van der Waals surface area contributed by atoms with Crippen LogP contribution in [0.3, 0.4) is 0 Å². The van der Waals surface area contributed by atoms with Crippen molar-refractivity contribution in [3.8, 4) is 16.5 Å². The average Bonchev–Trinajstić information content (AvgIpc) is 3.10. The van der Waals surface area contributed by atoms with Crippen molar-refractivity contribution in [1.29, 1.82) is 0 Å². The van der Waals surface area contributed by atoms with E-state index >= 15 is 0 Å². The van der Waals surface area contributed by atoms with Gasteiger partial charge in [-0.1, -0.05) is 18.2 Å². The van der Waals surface area contributed by atoms with Crippen molar-refractivity contribution in [1.82, 2.24) is 14.9 Å². The lowest BCUT2D eigenvalue weighted by molar-refractivity contribution is 0.0706. The van der Waals surface area contributed by atoms with Crippen molar-refractivity contribution in [2.24, 2.45) is 0 Å². The summed E-state index contributed by atoms with van der Waals surface area (Å²) in [6.07, 6.45) is 1.73. The molecule has 0 fully saturated rings. The van der Waals surface area contributed by atoms with Crippen LogP contribution in [0.25, 0.3) is 10.7 Å². The van der Waals surface area contributed by atoms with E-state index in [4.69, 9.17) is 4.74 Å². The number of methoxy groups -OCH3 is 1. The second-order valence-electron chi connectivity index (χ2n) is 6.19. The SMILES string of the molecule is CCN(C(=O)c1sc(-c2ccccn2)nc1C)C(C)c1cccc(OC)c1. The second-order valence-corrected chi connectivity index (χ2v) is 7.19. The molecule has 0 saturated heterocycles. The van der Waals surface area contributed by atoms with Gasteiger partial charge in [-0.2, -0.15) is 0 Å². The minimum absolute atomic E-state index is 0.00926. The van der Waals surface area contributed by atoms with Crippen molar-refractivity contribution in [2.75, 3.05) is 13.7 Å². The lowest BCUT2D eigenvalue weighted by Crippen LogP contribution is -2.33. The van der Waals surface area contributed by atoms with Crippen LogP contribution >= 0.6 is 11.3 Å². The average molecular weight is 382 g/mol. The first-order chi connectivity index (χ1) is 13.0. The smallest absolute Gasteiger partial charge is 0.266 e. The van der Waals surface area contributed by atoms with Gasteiger partial charge in [0.25, 0.3) is 5.91 Å². The molecular weight excluding hydrogens is 358 g/mol. The number of ether oxygens (including phenoxy) is 1. The molecule has 0 N–H and O–H groups in total. The van der Waals surface area contributed by atoms with Gasteiger partial charge < -0.3 is 9.64 Å². The molecule has 3 aromatic rings. The molecule has 0 bridgehead atoms. The molecule has 6 heteroatoms. The van der Waals surface area contributed by atoms with E-state index in [9.17, 15) is 4.79 Å². The first kappa shape index (κ1) is 19.0. The van der Waals surface area contributed by atoms with Gasteiger partial charge in [0.2, 0.25) is 0 Å². The topological polar surface area (TPSA) is 55.3 Å².